The number of nitrogens with zero attached hydrogens (tertiary/aromatic N) is 1. The lowest BCUT2D eigenvalue weighted by Gasteiger charge is -2.26. The van der Waals surface area contributed by atoms with Gasteiger partial charge in [0.1, 0.15) is 0 Å². The fourth-order valence-corrected chi connectivity index (χ4v) is 3.01. The molecule has 1 aliphatic carbocycles. The van der Waals surface area contributed by atoms with Gasteiger partial charge in [-0.2, -0.15) is 0 Å². The Balaban J connectivity index is 1.87. The van der Waals surface area contributed by atoms with Crippen LogP contribution in [0.4, 0.5) is 0 Å². The highest BCUT2D eigenvalue weighted by Crippen LogP contribution is 2.35. The molecule has 2 aliphatic rings. The summed E-state index contributed by atoms with van der Waals surface area (Å²) < 4.78 is 10.8. The van der Waals surface area contributed by atoms with E-state index in [1.165, 1.54) is 17.0 Å². The molecular formula is C15H20N2O2. The molecule has 0 aromatic heterocycles. The van der Waals surface area contributed by atoms with Crippen LogP contribution in [0.3, 0.4) is 0 Å². The van der Waals surface area contributed by atoms with Gasteiger partial charge in [0.15, 0.2) is 11.5 Å². The number of aliphatic imine (C=N–C) groups is 1. The first-order valence-electron chi connectivity index (χ1n) is 6.84. The third kappa shape index (κ3) is 2.27. The lowest BCUT2D eigenvalue weighted by atomic mass is 9.83. The highest BCUT2D eigenvalue weighted by Gasteiger charge is 2.25. The molecule has 1 aromatic carbocycles. The van der Waals surface area contributed by atoms with E-state index in [1.54, 1.807) is 14.2 Å². The largest absolute Gasteiger partial charge is 0.493 e. The van der Waals surface area contributed by atoms with E-state index in [1.807, 2.05) is 0 Å². The van der Waals surface area contributed by atoms with E-state index in [9.17, 15) is 0 Å². The molecule has 4 heteroatoms. The van der Waals surface area contributed by atoms with Gasteiger partial charge in [-0.15, -0.1) is 0 Å². The van der Waals surface area contributed by atoms with E-state index in [0.717, 1.165) is 43.9 Å². The zero-order valence-electron chi connectivity index (χ0n) is 11.5. The van der Waals surface area contributed by atoms with Crippen LogP contribution in [0.1, 0.15) is 17.5 Å². The summed E-state index contributed by atoms with van der Waals surface area (Å²) in [6.07, 6.45) is 3.29. The Morgan fingerprint density at radius 2 is 1.89 bits per heavy atom. The first-order chi connectivity index (χ1) is 9.31. The number of rotatable bonds is 3. The summed E-state index contributed by atoms with van der Waals surface area (Å²) in [6, 6.07) is 4.24. The molecule has 1 atom stereocenters. The van der Waals surface area contributed by atoms with E-state index in [-0.39, 0.29) is 0 Å². The number of hydrogen-bond donors (Lipinski definition) is 1. The maximum atomic E-state index is 5.39. The summed E-state index contributed by atoms with van der Waals surface area (Å²) in [4.78, 5) is 4.56. The number of ether oxygens (including phenoxy) is 2. The molecule has 0 fully saturated rings. The van der Waals surface area contributed by atoms with Gasteiger partial charge in [0.2, 0.25) is 0 Å². The van der Waals surface area contributed by atoms with Gasteiger partial charge in [0.25, 0.3) is 0 Å². The Morgan fingerprint density at radius 1 is 1.16 bits per heavy atom. The minimum atomic E-state index is 0.535. The van der Waals surface area contributed by atoms with Gasteiger partial charge in [-0.3, -0.25) is 4.99 Å². The molecule has 4 nitrogen and oxygen atoms in total. The van der Waals surface area contributed by atoms with E-state index in [4.69, 9.17) is 9.47 Å². The Hall–Kier alpha value is -1.71. The summed E-state index contributed by atoms with van der Waals surface area (Å²) in [5.41, 5.74) is 2.75. The van der Waals surface area contributed by atoms with Crippen LogP contribution in [0.15, 0.2) is 17.1 Å². The van der Waals surface area contributed by atoms with Gasteiger partial charge in [0.05, 0.1) is 26.6 Å². The second-order valence-corrected chi connectivity index (χ2v) is 5.11. The van der Waals surface area contributed by atoms with Crippen molar-refractivity contribution in [3.63, 3.8) is 0 Å². The van der Waals surface area contributed by atoms with Crippen molar-refractivity contribution in [2.24, 2.45) is 10.9 Å². The number of aryl methyl sites for hydroxylation is 1. The first kappa shape index (κ1) is 12.3. The lowest BCUT2D eigenvalue weighted by molar-refractivity contribution is 0.353. The van der Waals surface area contributed by atoms with Crippen molar-refractivity contribution in [2.45, 2.75) is 19.3 Å². The van der Waals surface area contributed by atoms with Gasteiger partial charge in [-0.05, 0) is 42.5 Å². The number of fused-ring (bicyclic) bond motifs is 1. The molecule has 0 bridgehead atoms. The second kappa shape index (κ2) is 5.11. The quantitative estimate of drug-likeness (QED) is 0.901. The zero-order valence-corrected chi connectivity index (χ0v) is 11.5. The van der Waals surface area contributed by atoms with Crippen molar-refractivity contribution < 1.29 is 9.47 Å². The number of benzene rings is 1. The standard InChI is InChI=1S/C15H20N2O2/c1-18-13-8-10-3-4-11(15-16-5-6-17-15)7-12(10)9-14(13)19-2/h8-9,11H,3-7H2,1-2H3,(H,16,17). The van der Waals surface area contributed by atoms with Crippen LogP contribution in [0.5, 0.6) is 11.5 Å². The molecular weight excluding hydrogens is 240 g/mol. The summed E-state index contributed by atoms with van der Waals surface area (Å²) in [5.74, 6) is 3.38. The van der Waals surface area contributed by atoms with Crippen molar-refractivity contribution in [1.29, 1.82) is 0 Å². The fourth-order valence-electron chi connectivity index (χ4n) is 3.01. The van der Waals surface area contributed by atoms with Crippen molar-refractivity contribution in [3.05, 3.63) is 23.3 Å². The molecule has 102 valence electrons. The first-order valence-corrected chi connectivity index (χ1v) is 6.84. The molecule has 0 saturated carbocycles. The highest BCUT2D eigenvalue weighted by atomic mass is 16.5. The minimum absolute atomic E-state index is 0.535. The topological polar surface area (TPSA) is 42.9 Å². The average Bonchev–Trinajstić information content (AvgIpc) is 2.99. The normalized spacial score (nSPS) is 21.4. The van der Waals surface area contributed by atoms with Crippen molar-refractivity contribution in [2.75, 3.05) is 27.3 Å². The number of nitrogens with one attached hydrogen (secondary N) is 1. The molecule has 1 unspecified atom stereocenters. The van der Waals surface area contributed by atoms with E-state index < -0.39 is 0 Å². The summed E-state index contributed by atoms with van der Waals surface area (Å²) >= 11 is 0. The zero-order chi connectivity index (χ0) is 13.2. The summed E-state index contributed by atoms with van der Waals surface area (Å²) in [6.45, 7) is 1.91. The summed E-state index contributed by atoms with van der Waals surface area (Å²) in [5, 5.41) is 3.40. The monoisotopic (exact) mass is 260 g/mol. The predicted octanol–water partition coefficient (Wildman–Crippen LogP) is 1.81. The minimum Gasteiger partial charge on any atom is -0.493 e. The maximum Gasteiger partial charge on any atom is 0.161 e. The maximum absolute atomic E-state index is 5.39. The molecule has 1 N–H and O–H groups in total. The number of hydrogen-bond acceptors (Lipinski definition) is 4. The number of methoxy groups -OCH3 is 2. The lowest BCUT2D eigenvalue weighted by Crippen LogP contribution is -2.31. The highest BCUT2D eigenvalue weighted by molar-refractivity contribution is 5.86. The van der Waals surface area contributed by atoms with Crippen LogP contribution in [0, 0.1) is 5.92 Å². The molecule has 3 rings (SSSR count). The van der Waals surface area contributed by atoms with Gasteiger partial charge in [-0.1, -0.05) is 0 Å². The Morgan fingerprint density at radius 3 is 2.53 bits per heavy atom. The Bertz CT molecular complexity index is 511. The van der Waals surface area contributed by atoms with Gasteiger partial charge < -0.3 is 14.8 Å². The third-order valence-electron chi connectivity index (χ3n) is 4.02. The van der Waals surface area contributed by atoms with E-state index in [2.05, 4.69) is 22.4 Å². The van der Waals surface area contributed by atoms with Crippen LogP contribution in [0.25, 0.3) is 0 Å². The van der Waals surface area contributed by atoms with Crippen molar-refractivity contribution in [1.82, 2.24) is 5.32 Å². The van der Waals surface area contributed by atoms with Crippen molar-refractivity contribution >= 4 is 5.84 Å². The molecule has 19 heavy (non-hydrogen) atoms. The summed E-state index contributed by atoms with van der Waals surface area (Å²) in [7, 11) is 3.38. The van der Waals surface area contributed by atoms with Gasteiger partial charge >= 0.3 is 0 Å². The van der Waals surface area contributed by atoms with Crippen molar-refractivity contribution in [3.8, 4) is 11.5 Å². The van der Waals surface area contributed by atoms with Crippen LogP contribution in [-0.2, 0) is 12.8 Å². The molecule has 0 radical (unpaired) electrons. The van der Waals surface area contributed by atoms with Crippen LogP contribution >= 0.6 is 0 Å². The average molecular weight is 260 g/mol. The van der Waals surface area contributed by atoms with Crippen LogP contribution in [-0.4, -0.2) is 33.1 Å². The predicted molar refractivity (Wildman–Crippen MR) is 75.4 cm³/mol. The molecule has 0 amide bonds. The van der Waals surface area contributed by atoms with Gasteiger partial charge in [-0.25, -0.2) is 0 Å². The van der Waals surface area contributed by atoms with Crippen LogP contribution < -0.4 is 14.8 Å². The smallest absolute Gasteiger partial charge is 0.161 e. The molecule has 0 saturated heterocycles. The second-order valence-electron chi connectivity index (χ2n) is 5.11. The van der Waals surface area contributed by atoms with E-state index in [0.29, 0.717) is 5.92 Å². The molecule has 0 spiro atoms. The van der Waals surface area contributed by atoms with Crippen LogP contribution in [0.2, 0.25) is 0 Å². The Labute approximate surface area is 113 Å². The van der Waals surface area contributed by atoms with E-state index >= 15 is 0 Å². The number of amidine groups is 1. The molecule has 1 aromatic rings. The SMILES string of the molecule is COc1cc2c(cc1OC)CC(C1=NCCN1)CC2. The third-order valence-corrected chi connectivity index (χ3v) is 4.02. The fraction of sp³-hybridized carbons (Fsp3) is 0.533. The Kier molecular flexibility index (Phi) is 3.32. The molecule has 1 heterocycles. The van der Waals surface area contributed by atoms with Gasteiger partial charge in [0, 0.05) is 12.5 Å². The molecule has 1 aliphatic heterocycles.